The predicted molar refractivity (Wildman–Crippen MR) is 72.8 cm³/mol. The fraction of sp³-hybridized carbons (Fsp3) is 0.364. The first-order valence-electron chi connectivity index (χ1n) is 5.55. The molecule has 0 bridgehead atoms. The minimum absolute atomic E-state index is 0.146. The van der Waals surface area contributed by atoms with E-state index in [1.165, 1.54) is 11.3 Å². The van der Waals surface area contributed by atoms with Crippen LogP contribution in [0.3, 0.4) is 0 Å². The second-order valence-corrected chi connectivity index (χ2v) is 6.13. The van der Waals surface area contributed by atoms with Crippen molar-refractivity contribution in [2.45, 2.75) is 25.7 Å². The highest BCUT2D eigenvalue weighted by Gasteiger charge is 2.15. The highest BCUT2D eigenvalue weighted by atomic mass is 35.5. The molecule has 0 radical (unpaired) electrons. The molecular weight excluding hydrogens is 311 g/mol. The van der Waals surface area contributed by atoms with Crippen LogP contribution >= 0.6 is 34.5 Å². The molecule has 8 heteroatoms. The topological polar surface area (TPSA) is 76.2 Å². The number of hydrogen-bond donors (Lipinski definition) is 1. The summed E-state index contributed by atoms with van der Waals surface area (Å²) >= 11 is 13.1. The Bertz CT molecular complexity index is 582. The summed E-state index contributed by atoms with van der Waals surface area (Å²) in [6.07, 6.45) is 1.97. The Morgan fingerprint density at radius 1 is 1.37 bits per heavy atom. The first-order valence-corrected chi connectivity index (χ1v) is 7.13. The zero-order valence-electron chi connectivity index (χ0n) is 9.73. The van der Waals surface area contributed by atoms with Gasteiger partial charge in [-0.25, -0.2) is 0 Å². The molecule has 5 nitrogen and oxygen atoms in total. The minimum atomic E-state index is -0.800. The van der Waals surface area contributed by atoms with Gasteiger partial charge >= 0.3 is 5.97 Å². The molecule has 2 aromatic heterocycles. The van der Waals surface area contributed by atoms with Crippen molar-refractivity contribution in [2.24, 2.45) is 0 Å². The minimum Gasteiger partial charge on any atom is -0.481 e. The average Bonchev–Trinajstić information content (AvgIpc) is 2.91. The van der Waals surface area contributed by atoms with Crippen LogP contribution in [-0.4, -0.2) is 21.3 Å². The van der Waals surface area contributed by atoms with Crippen LogP contribution < -0.4 is 0 Å². The van der Waals surface area contributed by atoms with Gasteiger partial charge in [-0.2, -0.15) is 0 Å². The molecule has 0 fully saturated rings. The summed E-state index contributed by atoms with van der Waals surface area (Å²) in [6.45, 7) is 0. The number of rotatable bonds is 6. The summed E-state index contributed by atoms with van der Waals surface area (Å²) in [5.74, 6) is 0.00563. The summed E-state index contributed by atoms with van der Waals surface area (Å²) in [5.41, 5.74) is 0.626. The average molecular weight is 321 g/mol. The van der Waals surface area contributed by atoms with Crippen molar-refractivity contribution in [2.75, 3.05) is 0 Å². The van der Waals surface area contributed by atoms with Crippen LogP contribution in [0.15, 0.2) is 10.5 Å². The van der Waals surface area contributed by atoms with Gasteiger partial charge in [0.1, 0.15) is 4.34 Å². The maximum atomic E-state index is 10.4. The molecule has 0 aliphatic carbocycles. The van der Waals surface area contributed by atoms with Gasteiger partial charge in [-0.3, -0.25) is 4.79 Å². The van der Waals surface area contributed by atoms with Crippen molar-refractivity contribution in [3.05, 3.63) is 20.6 Å². The van der Waals surface area contributed by atoms with Crippen LogP contribution in [-0.2, 0) is 11.2 Å². The van der Waals surface area contributed by atoms with E-state index in [1.807, 2.05) is 0 Å². The zero-order chi connectivity index (χ0) is 13.8. The van der Waals surface area contributed by atoms with E-state index in [0.29, 0.717) is 45.3 Å². The highest BCUT2D eigenvalue weighted by Crippen LogP contribution is 2.37. The van der Waals surface area contributed by atoms with Crippen molar-refractivity contribution < 1.29 is 14.3 Å². The SMILES string of the molecule is O=C(O)CCCCc1nnc(-c2cc(Cl)sc2Cl)o1. The second-order valence-electron chi connectivity index (χ2n) is 3.84. The van der Waals surface area contributed by atoms with Gasteiger partial charge in [0, 0.05) is 12.8 Å². The van der Waals surface area contributed by atoms with Crippen molar-refractivity contribution in [1.82, 2.24) is 10.2 Å². The molecule has 19 heavy (non-hydrogen) atoms. The lowest BCUT2D eigenvalue weighted by Gasteiger charge is -1.94. The van der Waals surface area contributed by atoms with Gasteiger partial charge in [0.05, 0.1) is 9.90 Å². The van der Waals surface area contributed by atoms with Gasteiger partial charge in [-0.1, -0.05) is 23.2 Å². The maximum absolute atomic E-state index is 10.4. The van der Waals surface area contributed by atoms with Crippen molar-refractivity contribution in [1.29, 1.82) is 0 Å². The Morgan fingerprint density at radius 3 is 2.79 bits per heavy atom. The first-order chi connectivity index (χ1) is 9.06. The standard InChI is InChI=1S/C11H10Cl2N2O3S/c12-7-5-6(10(13)19-7)11-15-14-8(18-11)3-1-2-4-9(16)17/h5H,1-4H2,(H,16,17). The molecule has 2 aromatic rings. The fourth-order valence-electron chi connectivity index (χ4n) is 1.50. The summed E-state index contributed by atoms with van der Waals surface area (Å²) in [6, 6.07) is 1.68. The largest absolute Gasteiger partial charge is 0.481 e. The number of aromatic nitrogens is 2. The monoisotopic (exact) mass is 320 g/mol. The number of unbranched alkanes of at least 4 members (excludes halogenated alkanes) is 1. The van der Waals surface area contributed by atoms with Crippen molar-refractivity contribution >= 4 is 40.5 Å². The number of hydrogen-bond acceptors (Lipinski definition) is 5. The van der Waals surface area contributed by atoms with E-state index in [4.69, 9.17) is 32.7 Å². The van der Waals surface area contributed by atoms with Gasteiger partial charge < -0.3 is 9.52 Å². The third-order valence-corrected chi connectivity index (χ3v) is 3.87. The van der Waals surface area contributed by atoms with Crippen LogP contribution in [0.4, 0.5) is 0 Å². The Kier molecular flexibility index (Phi) is 4.79. The number of carboxylic acids is 1. The van der Waals surface area contributed by atoms with Gasteiger partial charge in [0.25, 0.3) is 0 Å². The van der Waals surface area contributed by atoms with E-state index in [-0.39, 0.29) is 6.42 Å². The molecule has 0 aromatic carbocycles. The highest BCUT2D eigenvalue weighted by molar-refractivity contribution is 7.20. The summed E-state index contributed by atoms with van der Waals surface area (Å²) in [4.78, 5) is 10.4. The lowest BCUT2D eigenvalue weighted by atomic mass is 10.2. The van der Waals surface area contributed by atoms with Crippen LogP contribution in [0.1, 0.15) is 25.2 Å². The van der Waals surface area contributed by atoms with Crippen LogP contribution in [0.25, 0.3) is 11.5 Å². The molecule has 0 aliphatic rings. The molecule has 0 aliphatic heterocycles. The van der Waals surface area contributed by atoms with E-state index in [1.54, 1.807) is 6.07 Å². The number of carboxylic acid groups (broad SMARTS) is 1. The molecule has 0 atom stereocenters. The van der Waals surface area contributed by atoms with E-state index in [2.05, 4.69) is 10.2 Å². The third kappa shape index (κ3) is 3.92. The normalized spacial score (nSPS) is 10.8. The number of aryl methyl sites for hydroxylation is 1. The van der Waals surface area contributed by atoms with E-state index < -0.39 is 5.97 Å². The molecule has 2 heterocycles. The van der Waals surface area contributed by atoms with Gasteiger partial charge in [0.2, 0.25) is 11.8 Å². The molecule has 102 valence electrons. The molecule has 0 amide bonds. The Labute approximate surface area is 123 Å². The van der Waals surface area contributed by atoms with Crippen LogP contribution in [0.5, 0.6) is 0 Å². The molecule has 2 rings (SSSR count). The zero-order valence-corrected chi connectivity index (χ0v) is 12.1. The third-order valence-electron chi connectivity index (χ3n) is 2.39. The van der Waals surface area contributed by atoms with Crippen molar-refractivity contribution in [3.63, 3.8) is 0 Å². The number of thiophene rings is 1. The lowest BCUT2D eigenvalue weighted by molar-refractivity contribution is -0.137. The number of aliphatic carboxylic acids is 1. The Balaban J connectivity index is 1.95. The smallest absolute Gasteiger partial charge is 0.303 e. The number of carbonyl (C=O) groups is 1. The predicted octanol–water partition coefficient (Wildman–Crippen LogP) is 3.90. The molecule has 0 unspecified atom stereocenters. The van der Waals surface area contributed by atoms with Gasteiger partial charge in [0.15, 0.2) is 0 Å². The summed E-state index contributed by atoms with van der Waals surface area (Å²) in [7, 11) is 0. The number of nitrogens with zero attached hydrogens (tertiary/aromatic N) is 2. The van der Waals surface area contributed by atoms with Crippen LogP contribution in [0.2, 0.25) is 8.67 Å². The molecule has 0 saturated heterocycles. The quantitative estimate of drug-likeness (QED) is 0.817. The van der Waals surface area contributed by atoms with E-state index in [0.717, 1.165) is 0 Å². The van der Waals surface area contributed by atoms with Gasteiger partial charge in [-0.15, -0.1) is 21.5 Å². The maximum Gasteiger partial charge on any atom is 0.303 e. The van der Waals surface area contributed by atoms with Gasteiger partial charge in [-0.05, 0) is 18.9 Å². The Morgan fingerprint density at radius 2 is 2.16 bits per heavy atom. The number of halogens is 2. The Hall–Kier alpha value is -1.11. The van der Waals surface area contributed by atoms with Crippen molar-refractivity contribution in [3.8, 4) is 11.5 Å². The first kappa shape index (κ1) is 14.3. The summed E-state index contributed by atoms with van der Waals surface area (Å²) in [5, 5.41) is 16.3. The molecular formula is C11H10Cl2N2O3S. The lowest BCUT2D eigenvalue weighted by Crippen LogP contribution is -1.95. The van der Waals surface area contributed by atoms with E-state index in [9.17, 15) is 4.79 Å². The molecule has 0 spiro atoms. The van der Waals surface area contributed by atoms with E-state index >= 15 is 0 Å². The molecule has 0 saturated carbocycles. The molecule has 1 N–H and O–H groups in total. The second kappa shape index (κ2) is 6.36. The summed E-state index contributed by atoms with van der Waals surface area (Å²) < 4.78 is 6.53. The van der Waals surface area contributed by atoms with Crippen LogP contribution in [0, 0.1) is 0 Å². The fourth-order valence-corrected chi connectivity index (χ4v) is 2.95.